The van der Waals surface area contributed by atoms with E-state index < -0.39 is 0 Å². The maximum absolute atomic E-state index is 5.94. The van der Waals surface area contributed by atoms with Crippen LogP contribution in [0.1, 0.15) is 41.8 Å². The zero-order valence-corrected chi connectivity index (χ0v) is 17.4. The number of hydrogen-bond acceptors (Lipinski definition) is 7. The molecule has 5 nitrogen and oxygen atoms in total. The summed E-state index contributed by atoms with van der Waals surface area (Å²) in [4.78, 5) is 11.7. The first-order valence-corrected chi connectivity index (χ1v) is 11.2. The summed E-state index contributed by atoms with van der Waals surface area (Å²) in [5, 5.41) is 10.8. The van der Waals surface area contributed by atoms with Crippen LogP contribution in [0.25, 0.3) is 21.7 Å². The number of thiophene rings is 1. The molecule has 0 saturated carbocycles. The van der Waals surface area contributed by atoms with Gasteiger partial charge in [0, 0.05) is 15.8 Å². The fourth-order valence-corrected chi connectivity index (χ4v) is 6.04. The Morgan fingerprint density at radius 1 is 1.18 bits per heavy atom. The Morgan fingerprint density at radius 3 is 2.89 bits per heavy atom. The molecule has 3 heterocycles. The van der Waals surface area contributed by atoms with Crippen LogP contribution in [0.3, 0.4) is 0 Å². The average molecular weight is 409 g/mol. The minimum absolute atomic E-state index is 0.0149. The van der Waals surface area contributed by atoms with E-state index in [0.717, 1.165) is 34.2 Å². The molecule has 2 atom stereocenters. The van der Waals surface area contributed by atoms with Crippen LogP contribution in [0.4, 0.5) is 0 Å². The second-order valence-electron chi connectivity index (χ2n) is 7.28. The van der Waals surface area contributed by atoms with E-state index in [2.05, 4.69) is 34.0 Å². The molecule has 1 aliphatic rings. The number of nitrogens with zero attached hydrogens (tertiary/aromatic N) is 4. The van der Waals surface area contributed by atoms with Crippen molar-refractivity contribution in [2.75, 3.05) is 0 Å². The van der Waals surface area contributed by atoms with Gasteiger partial charge in [-0.3, -0.25) is 0 Å². The molecule has 0 aliphatic heterocycles. The fraction of sp³-hybridized carbons (Fsp3) is 0.333. The van der Waals surface area contributed by atoms with Crippen LogP contribution in [0.15, 0.2) is 46.1 Å². The summed E-state index contributed by atoms with van der Waals surface area (Å²) in [6.45, 7) is 4.42. The van der Waals surface area contributed by atoms with Crippen molar-refractivity contribution in [2.45, 2.75) is 43.4 Å². The molecule has 0 radical (unpaired) electrons. The van der Waals surface area contributed by atoms with Crippen molar-refractivity contribution in [3.8, 4) is 11.5 Å². The molecule has 0 fully saturated rings. The third-order valence-corrected chi connectivity index (χ3v) is 7.40. The van der Waals surface area contributed by atoms with Crippen LogP contribution in [0.2, 0.25) is 0 Å². The van der Waals surface area contributed by atoms with Crippen molar-refractivity contribution in [3.63, 3.8) is 0 Å². The van der Waals surface area contributed by atoms with Gasteiger partial charge in [-0.2, -0.15) is 0 Å². The lowest BCUT2D eigenvalue weighted by Crippen LogP contribution is -2.08. The van der Waals surface area contributed by atoms with Crippen molar-refractivity contribution in [1.82, 2.24) is 20.2 Å². The van der Waals surface area contributed by atoms with Crippen molar-refractivity contribution in [2.24, 2.45) is 5.92 Å². The summed E-state index contributed by atoms with van der Waals surface area (Å²) in [5.74, 6) is 1.92. The number of aryl methyl sites for hydroxylation is 1. The highest BCUT2D eigenvalue weighted by atomic mass is 32.2. The molecule has 7 heteroatoms. The molecule has 0 saturated heterocycles. The standard InChI is InChI=1S/C21H20N4OS2/c1-12-8-9-15-16(10-12)28-21-17(15)20(22-11-23-21)27-13(2)18-24-25-19(26-18)14-6-4-3-5-7-14/h3-7,11-13H,8-10H2,1-2H3/t12-,13+/m0/s1. The number of fused-ring (bicyclic) bond motifs is 3. The van der Waals surface area contributed by atoms with Crippen molar-refractivity contribution in [1.29, 1.82) is 0 Å². The number of hydrogen-bond donors (Lipinski definition) is 0. The Balaban J connectivity index is 1.45. The highest BCUT2D eigenvalue weighted by Crippen LogP contribution is 2.43. The maximum Gasteiger partial charge on any atom is 0.247 e. The number of aromatic nitrogens is 4. The normalized spacial score (nSPS) is 17.6. The summed E-state index contributed by atoms with van der Waals surface area (Å²) in [7, 11) is 0. The Kier molecular flexibility index (Phi) is 4.64. The lowest BCUT2D eigenvalue weighted by atomic mass is 9.89. The molecule has 5 rings (SSSR count). The molecule has 0 spiro atoms. The Morgan fingerprint density at radius 2 is 2.04 bits per heavy atom. The van der Waals surface area contributed by atoms with Gasteiger partial charge in [-0.1, -0.05) is 36.9 Å². The predicted molar refractivity (Wildman–Crippen MR) is 113 cm³/mol. The first-order valence-electron chi connectivity index (χ1n) is 9.49. The van der Waals surface area contributed by atoms with Crippen molar-refractivity contribution < 1.29 is 4.42 Å². The third-order valence-electron chi connectivity index (χ3n) is 5.15. The van der Waals surface area contributed by atoms with Gasteiger partial charge < -0.3 is 4.42 Å². The van der Waals surface area contributed by atoms with E-state index in [1.807, 2.05) is 41.7 Å². The molecule has 0 unspecified atom stereocenters. The van der Waals surface area contributed by atoms with Crippen LogP contribution in [-0.4, -0.2) is 20.2 Å². The molecule has 1 aliphatic carbocycles. The maximum atomic E-state index is 5.94. The molecule has 0 N–H and O–H groups in total. The van der Waals surface area contributed by atoms with Gasteiger partial charge >= 0.3 is 0 Å². The van der Waals surface area contributed by atoms with Crippen molar-refractivity contribution in [3.05, 3.63) is 53.0 Å². The van der Waals surface area contributed by atoms with Gasteiger partial charge in [0.2, 0.25) is 11.8 Å². The predicted octanol–water partition coefficient (Wildman–Crippen LogP) is 5.72. The minimum Gasteiger partial charge on any atom is -0.419 e. The van der Waals surface area contributed by atoms with E-state index in [-0.39, 0.29) is 5.25 Å². The quantitative estimate of drug-likeness (QED) is 0.318. The smallest absolute Gasteiger partial charge is 0.247 e. The van der Waals surface area contributed by atoms with Gasteiger partial charge in [0.05, 0.1) is 5.25 Å². The minimum atomic E-state index is 0.0149. The number of thioether (sulfide) groups is 1. The molecule has 3 aromatic heterocycles. The van der Waals surface area contributed by atoms with Gasteiger partial charge in [0.1, 0.15) is 16.2 Å². The largest absolute Gasteiger partial charge is 0.419 e. The van der Waals surface area contributed by atoms with Crippen LogP contribution in [0.5, 0.6) is 0 Å². The summed E-state index contributed by atoms with van der Waals surface area (Å²) < 4.78 is 5.94. The van der Waals surface area contributed by atoms with E-state index in [9.17, 15) is 0 Å². The topological polar surface area (TPSA) is 64.7 Å². The zero-order chi connectivity index (χ0) is 19.1. The zero-order valence-electron chi connectivity index (χ0n) is 15.8. The molecule has 142 valence electrons. The van der Waals surface area contributed by atoms with E-state index in [4.69, 9.17) is 4.42 Å². The third kappa shape index (κ3) is 3.22. The fourth-order valence-electron chi connectivity index (χ4n) is 3.65. The molecule has 0 bridgehead atoms. The SMILES string of the molecule is C[C@H]1CCc2c(sc3ncnc(S[C@H](C)c4nnc(-c5ccccc5)o4)c23)C1. The average Bonchev–Trinajstić information content (AvgIpc) is 3.33. The summed E-state index contributed by atoms with van der Waals surface area (Å²) in [6.07, 6.45) is 5.17. The van der Waals surface area contributed by atoms with Gasteiger partial charge in [0.25, 0.3) is 0 Å². The van der Waals surface area contributed by atoms with Gasteiger partial charge in [-0.25, -0.2) is 9.97 Å². The Hall–Kier alpha value is -2.25. The molecule has 28 heavy (non-hydrogen) atoms. The Labute approximate surface area is 171 Å². The first-order chi connectivity index (χ1) is 13.7. The summed E-state index contributed by atoms with van der Waals surface area (Å²) in [6, 6.07) is 9.86. The van der Waals surface area contributed by atoms with Crippen LogP contribution in [-0.2, 0) is 12.8 Å². The highest BCUT2D eigenvalue weighted by Gasteiger charge is 2.25. The highest BCUT2D eigenvalue weighted by molar-refractivity contribution is 7.99. The molecule has 1 aromatic carbocycles. The van der Waals surface area contributed by atoms with E-state index in [0.29, 0.717) is 11.8 Å². The molecule has 4 aromatic rings. The summed E-state index contributed by atoms with van der Waals surface area (Å²) in [5.41, 5.74) is 2.38. The molecular weight excluding hydrogens is 388 g/mol. The van der Waals surface area contributed by atoms with E-state index in [1.54, 1.807) is 18.1 Å². The Bertz CT molecular complexity index is 1120. The molecular formula is C21H20N4OS2. The number of benzene rings is 1. The van der Waals surface area contributed by atoms with Gasteiger partial charge in [0.15, 0.2) is 0 Å². The lowest BCUT2D eigenvalue weighted by molar-refractivity contribution is 0.508. The lowest BCUT2D eigenvalue weighted by Gasteiger charge is -2.18. The van der Waals surface area contributed by atoms with Crippen LogP contribution < -0.4 is 0 Å². The summed E-state index contributed by atoms with van der Waals surface area (Å²) >= 11 is 3.50. The monoisotopic (exact) mass is 408 g/mol. The van der Waals surface area contributed by atoms with E-state index in [1.165, 1.54) is 22.2 Å². The van der Waals surface area contributed by atoms with Crippen LogP contribution >= 0.6 is 23.1 Å². The first kappa shape index (κ1) is 17.8. The van der Waals surface area contributed by atoms with Crippen LogP contribution in [0, 0.1) is 5.92 Å². The number of rotatable bonds is 4. The van der Waals surface area contributed by atoms with Gasteiger partial charge in [-0.15, -0.1) is 21.5 Å². The second kappa shape index (κ2) is 7.29. The van der Waals surface area contributed by atoms with Crippen molar-refractivity contribution >= 4 is 33.3 Å². The van der Waals surface area contributed by atoms with E-state index >= 15 is 0 Å². The van der Waals surface area contributed by atoms with Gasteiger partial charge in [-0.05, 0) is 49.8 Å². The second-order valence-corrected chi connectivity index (χ2v) is 9.70. The molecule has 0 amide bonds.